The summed E-state index contributed by atoms with van der Waals surface area (Å²) >= 11 is 12.4. The molecular weight excluding hydrogens is 405 g/mol. The Kier molecular flexibility index (Phi) is 4.24. The molecule has 2 aromatic carbocycles. The molecule has 2 heterocycles. The maximum absolute atomic E-state index is 12.8. The number of halogens is 2. The van der Waals surface area contributed by atoms with Gasteiger partial charge >= 0.3 is 11.4 Å². The van der Waals surface area contributed by atoms with E-state index in [1.165, 1.54) is 13.7 Å². The molecule has 0 bridgehead atoms. The van der Waals surface area contributed by atoms with Crippen molar-refractivity contribution < 1.29 is 9.21 Å². The molecule has 28 heavy (non-hydrogen) atoms. The van der Waals surface area contributed by atoms with E-state index in [2.05, 4.69) is 0 Å². The lowest BCUT2D eigenvalue weighted by Crippen LogP contribution is -2.20. The molecule has 0 fully saturated rings. The van der Waals surface area contributed by atoms with Crippen molar-refractivity contribution in [3.63, 3.8) is 0 Å². The number of hydrogen-bond acceptors (Lipinski definition) is 4. The van der Waals surface area contributed by atoms with E-state index in [1.54, 1.807) is 45.3 Å². The number of fused-ring (bicyclic) bond motifs is 2. The van der Waals surface area contributed by atoms with Gasteiger partial charge in [0.05, 0.1) is 28.1 Å². The van der Waals surface area contributed by atoms with Crippen molar-refractivity contribution in [2.75, 3.05) is 0 Å². The van der Waals surface area contributed by atoms with Crippen LogP contribution in [-0.2, 0) is 20.6 Å². The van der Waals surface area contributed by atoms with Crippen molar-refractivity contribution in [2.45, 2.75) is 13.5 Å². The Morgan fingerprint density at radius 3 is 2.43 bits per heavy atom. The number of ketones is 1. The van der Waals surface area contributed by atoms with Gasteiger partial charge in [-0.15, -0.1) is 0 Å². The molecule has 0 unspecified atom stereocenters. The fourth-order valence-electron chi connectivity index (χ4n) is 3.28. The predicted molar refractivity (Wildman–Crippen MR) is 108 cm³/mol. The number of rotatable bonds is 3. The topological polar surface area (TPSA) is 79.1 Å². The summed E-state index contributed by atoms with van der Waals surface area (Å²) in [6.45, 7) is 1.47. The molecule has 7 nitrogen and oxygen atoms in total. The summed E-state index contributed by atoms with van der Waals surface area (Å²) in [5, 5.41) is 0.617. The number of nitrogens with zero attached hydrogens (tertiary/aromatic N) is 3. The summed E-state index contributed by atoms with van der Waals surface area (Å²) in [6, 6.07) is 6.52. The van der Waals surface area contributed by atoms with Crippen molar-refractivity contribution in [1.82, 2.24) is 13.7 Å². The number of aromatic nitrogens is 3. The van der Waals surface area contributed by atoms with Crippen LogP contribution < -0.4 is 11.4 Å². The summed E-state index contributed by atoms with van der Waals surface area (Å²) in [7, 11) is 3.30. The maximum atomic E-state index is 12.8. The van der Waals surface area contributed by atoms with E-state index in [-0.39, 0.29) is 28.6 Å². The molecule has 4 aromatic rings. The number of oxazole rings is 1. The zero-order valence-electron chi connectivity index (χ0n) is 15.2. The van der Waals surface area contributed by atoms with E-state index in [9.17, 15) is 14.4 Å². The van der Waals surface area contributed by atoms with Crippen molar-refractivity contribution in [3.8, 4) is 0 Å². The van der Waals surface area contributed by atoms with E-state index >= 15 is 0 Å². The van der Waals surface area contributed by atoms with Crippen molar-refractivity contribution in [2.24, 2.45) is 14.1 Å². The highest BCUT2D eigenvalue weighted by Gasteiger charge is 2.19. The van der Waals surface area contributed by atoms with Gasteiger partial charge in [0, 0.05) is 24.7 Å². The summed E-state index contributed by atoms with van der Waals surface area (Å²) in [5.74, 6) is -1.00. The zero-order valence-corrected chi connectivity index (χ0v) is 16.8. The molecule has 0 aliphatic carbocycles. The molecule has 0 saturated heterocycles. The van der Waals surface area contributed by atoms with Crippen LogP contribution in [0.4, 0.5) is 0 Å². The third kappa shape index (κ3) is 2.62. The minimum Gasteiger partial charge on any atom is -0.406 e. The van der Waals surface area contributed by atoms with Crippen LogP contribution in [0, 0.1) is 6.92 Å². The summed E-state index contributed by atoms with van der Waals surface area (Å²) in [4.78, 5) is 37.2. The standard InChI is InChI=1S/C19H15Cl2N3O4/c1-9-11(20)7-14-17(16(9)21)28-19(27)24(14)8-15(25)10-4-5-12-13(6-10)23(3)18(26)22(12)2/h4-7H,8H2,1-3H3. The van der Waals surface area contributed by atoms with E-state index in [0.29, 0.717) is 32.7 Å². The Balaban J connectivity index is 1.80. The van der Waals surface area contributed by atoms with Crippen LogP contribution in [-0.4, -0.2) is 19.5 Å². The number of carbonyl (C=O) groups excluding carboxylic acids is 1. The Morgan fingerprint density at radius 1 is 1.04 bits per heavy atom. The lowest BCUT2D eigenvalue weighted by Gasteiger charge is -2.05. The Bertz CT molecular complexity index is 1410. The van der Waals surface area contributed by atoms with Gasteiger partial charge in [-0.1, -0.05) is 23.2 Å². The largest absolute Gasteiger partial charge is 0.420 e. The van der Waals surface area contributed by atoms with Gasteiger partial charge in [0.15, 0.2) is 11.4 Å². The van der Waals surface area contributed by atoms with Gasteiger partial charge in [0.1, 0.15) is 0 Å². The normalized spacial score (nSPS) is 11.6. The van der Waals surface area contributed by atoms with E-state index < -0.39 is 5.76 Å². The molecule has 0 radical (unpaired) electrons. The Labute approximate surface area is 168 Å². The van der Waals surface area contributed by atoms with Crippen molar-refractivity contribution in [1.29, 1.82) is 0 Å². The average Bonchev–Trinajstić information content (AvgIpc) is 3.09. The van der Waals surface area contributed by atoms with E-state index in [4.69, 9.17) is 27.6 Å². The van der Waals surface area contributed by atoms with Gasteiger partial charge in [-0.2, -0.15) is 0 Å². The van der Waals surface area contributed by atoms with Crippen molar-refractivity contribution in [3.05, 3.63) is 66.5 Å². The average molecular weight is 420 g/mol. The monoisotopic (exact) mass is 419 g/mol. The van der Waals surface area contributed by atoms with Gasteiger partial charge in [-0.05, 0) is 36.8 Å². The van der Waals surface area contributed by atoms with Crippen LogP contribution in [0.1, 0.15) is 15.9 Å². The van der Waals surface area contributed by atoms with Crippen LogP contribution in [0.25, 0.3) is 22.1 Å². The lowest BCUT2D eigenvalue weighted by molar-refractivity contribution is 0.0970. The third-order valence-electron chi connectivity index (χ3n) is 4.98. The first-order valence-corrected chi connectivity index (χ1v) is 9.13. The van der Waals surface area contributed by atoms with Gasteiger partial charge in [-0.3, -0.25) is 18.5 Å². The second-order valence-corrected chi connectivity index (χ2v) is 7.41. The predicted octanol–water partition coefficient (Wildman–Crippen LogP) is 3.28. The van der Waals surface area contributed by atoms with Gasteiger partial charge in [-0.25, -0.2) is 9.59 Å². The Hall–Kier alpha value is -2.77. The molecule has 144 valence electrons. The van der Waals surface area contributed by atoms with E-state index in [0.717, 1.165) is 0 Å². The smallest absolute Gasteiger partial charge is 0.406 e. The molecule has 2 aromatic heterocycles. The quantitative estimate of drug-likeness (QED) is 0.477. The molecular formula is C19H15Cl2N3O4. The first-order chi connectivity index (χ1) is 13.2. The van der Waals surface area contributed by atoms with Crippen LogP contribution >= 0.6 is 23.2 Å². The number of hydrogen-bond donors (Lipinski definition) is 0. The zero-order chi connectivity index (χ0) is 20.3. The first kappa shape index (κ1) is 18.6. The first-order valence-electron chi connectivity index (χ1n) is 8.37. The minimum absolute atomic E-state index is 0.184. The molecule has 0 N–H and O–H groups in total. The Morgan fingerprint density at radius 2 is 1.71 bits per heavy atom. The molecule has 4 rings (SSSR count). The number of carbonyl (C=O) groups is 1. The molecule has 0 aliphatic rings. The summed E-state index contributed by atoms with van der Waals surface area (Å²) in [6.07, 6.45) is 0. The number of Topliss-reactive ketones (excluding diaryl/α,β-unsaturated/α-hetero) is 1. The number of benzene rings is 2. The molecule has 0 saturated carbocycles. The lowest BCUT2D eigenvalue weighted by atomic mass is 10.1. The minimum atomic E-state index is -0.694. The fraction of sp³-hybridized carbons (Fsp3) is 0.211. The second-order valence-electron chi connectivity index (χ2n) is 6.63. The highest BCUT2D eigenvalue weighted by molar-refractivity contribution is 6.39. The van der Waals surface area contributed by atoms with Crippen LogP contribution in [0.5, 0.6) is 0 Å². The van der Waals surface area contributed by atoms with Crippen LogP contribution in [0.15, 0.2) is 38.3 Å². The second kappa shape index (κ2) is 6.39. The van der Waals surface area contributed by atoms with Crippen LogP contribution in [0.3, 0.4) is 0 Å². The highest BCUT2D eigenvalue weighted by Crippen LogP contribution is 2.32. The molecule has 0 aliphatic heterocycles. The summed E-state index contributed by atoms with van der Waals surface area (Å²) in [5.41, 5.74) is 2.68. The fourth-order valence-corrected chi connectivity index (χ4v) is 3.77. The van der Waals surface area contributed by atoms with Crippen molar-refractivity contribution >= 4 is 51.1 Å². The molecule has 0 amide bonds. The third-order valence-corrected chi connectivity index (χ3v) is 5.83. The molecule has 0 atom stereocenters. The van der Waals surface area contributed by atoms with Crippen LogP contribution in [0.2, 0.25) is 10.0 Å². The number of aryl methyl sites for hydroxylation is 2. The van der Waals surface area contributed by atoms with Gasteiger partial charge in [0.25, 0.3) is 0 Å². The SMILES string of the molecule is Cc1c(Cl)cc2c(oc(=O)n2CC(=O)c2ccc3c(c2)n(C)c(=O)n3C)c1Cl. The maximum Gasteiger partial charge on any atom is 0.420 e. The van der Waals surface area contributed by atoms with Gasteiger partial charge < -0.3 is 4.42 Å². The highest BCUT2D eigenvalue weighted by atomic mass is 35.5. The molecule has 9 heteroatoms. The molecule has 0 spiro atoms. The van der Waals surface area contributed by atoms with Gasteiger partial charge in [0.2, 0.25) is 0 Å². The summed E-state index contributed by atoms with van der Waals surface area (Å²) < 4.78 is 9.39. The van der Waals surface area contributed by atoms with E-state index in [1.807, 2.05) is 0 Å². The number of imidazole rings is 1.